The van der Waals surface area contributed by atoms with Crippen LogP contribution in [0.2, 0.25) is 0 Å². The number of carboxylic acid groups (broad SMARTS) is 2. The maximum absolute atomic E-state index is 10.8. The molecule has 8 heteroatoms. The molecule has 0 unspecified atom stereocenters. The van der Waals surface area contributed by atoms with Crippen molar-refractivity contribution < 1.29 is 40.9 Å². The van der Waals surface area contributed by atoms with Gasteiger partial charge in [-0.3, -0.25) is 0 Å². The molecule has 4 N–H and O–H groups in total. The molecule has 24 heavy (non-hydrogen) atoms. The molecule has 2 fully saturated rings. The van der Waals surface area contributed by atoms with Gasteiger partial charge >= 0.3 is 21.1 Å². The molecule has 0 spiro atoms. The predicted molar refractivity (Wildman–Crippen MR) is 82.8 cm³/mol. The van der Waals surface area contributed by atoms with Crippen molar-refractivity contribution in [1.29, 1.82) is 0 Å². The smallest absolute Gasteiger partial charge is 0.549 e. The summed E-state index contributed by atoms with van der Waals surface area (Å²) in [5.74, 6) is -3.03. The van der Waals surface area contributed by atoms with Crippen LogP contribution in [0.4, 0.5) is 0 Å². The first-order chi connectivity index (χ1) is 10.7. The molecule has 0 aromatic carbocycles. The van der Waals surface area contributed by atoms with Crippen molar-refractivity contribution in [3.63, 3.8) is 0 Å². The summed E-state index contributed by atoms with van der Waals surface area (Å²) in [6.07, 6.45) is 6.09. The van der Waals surface area contributed by atoms with E-state index in [1.165, 1.54) is 12.8 Å². The van der Waals surface area contributed by atoms with Crippen molar-refractivity contribution in [2.24, 2.45) is 16.9 Å². The van der Waals surface area contributed by atoms with E-state index in [4.69, 9.17) is 11.5 Å². The molecule has 2 aliphatic carbocycles. The third-order valence-electron chi connectivity index (χ3n) is 5.20. The summed E-state index contributed by atoms with van der Waals surface area (Å²) in [6, 6.07) is 0.810. The summed E-state index contributed by atoms with van der Waals surface area (Å²) in [7, 11) is 3.80. The molecular weight excluding hydrogens is 493 g/mol. The summed E-state index contributed by atoms with van der Waals surface area (Å²) in [4.78, 5) is 23.7. The second-order valence-electron chi connectivity index (χ2n) is 6.96. The van der Waals surface area contributed by atoms with Crippen LogP contribution in [0, 0.1) is 5.41 Å². The van der Waals surface area contributed by atoms with Crippen molar-refractivity contribution in [3.8, 4) is 0 Å². The van der Waals surface area contributed by atoms with Gasteiger partial charge in [0.1, 0.15) is 0 Å². The Morgan fingerprint density at radius 3 is 1.54 bits per heavy atom. The molecule has 0 aromatic rings. The summed E-state index contributed by atoms with van der Waals surface area (Å²) in [5, 5.41) is 21.7. The van der Waals surface area contributed by atoms with E-state index in [0.717, 1.165) is 12.8 Å². The zero-order valence-electron chi connectivity index (χ0n) is 14.4. The number of hydrogen-bond acceptors (Lipinski definition) is 7. The Kier molecular flexibility index (Phi) is 10.3. The average Bonchev–Trinajstić information content (AvgIpc) is 2.50. The van der Waals surface area contributed by atoms with Crippen LogP contribution < -0.4 is 21.7 Å². The third-order valence-corrected chi connectivity index (χ3v) is 5.20. The van der Waals surface area contributed by atoms with Crippen LogP contribution in [0.25, 0.3) is 0 Å². The van der Waals surface area contributed by atoms with E-state index in [-0.39, 0.29) is 52.0 Å². The average molecular weight is 523 g/mol. The molecule has 0 aliphatic heterocycles. The van der Waals surface area contributed by atoms with Crippen LogP contribution in [0.1, 0.15) is 51.4 Å². The van der Waals surface area contributed by atoms with Gasteiger partial charge in [-0.2, -0.15) is 0 Å². The standard InChI is InChI=1S/C10H17NO4.C6H14N2.Pt/c1-11(2)7-3-5-10(6-4-7,8(12)13)9(14)15;7-5-3-1-2-4-6(5)8;/h7H,3-6H2,1-2H3,(H,12,13)(H,14,15);5-6H,1-4,7-8H2;/q;;+2/p-2/t;5-,6-;/m.0./s1. The van der Waals surface area contributed by atoms with Crippen molar-refractivity contribution >= 4 is 11.9 Å². The van der Waals surface area contributed by atoms with Gasteiger partial charge in [-0.1, -0.05) is 12.8 Å². The number of carbonyl (C=O) groups excluding carboxylic acids is 2. The van der Waals surface area contributed by atoms with Crippen molar-refractivity contribution in [2.75, 3.05) is 14.1 Å². The largest absolute Gasteiger partial charge is 2.00 e. The fraction of sp³-hybridized carbons (Fsp3) is 0.875. The molecule has 2 saturated carbocycles. The Bertz CT molecular complexity index is 386. The van der Waals surface area contributed by atoms with Gasteiger partial charge in [0.25, 0.3) is 0 Å². The van der Waals surface area contributed by atoms with Crippen LogP contribution in [-0.2, 0) is 30.7 Å². The van der Waals surface area contributed by atoms with Crippen LogP contribution in [0.3, 0.4) is 0 Å². The van der Waals surface area contributed by atoms with Crippen molar-refractivity contribution in [3.05, 3.63) is 0 Å². The molecule has 0 aromatic heterocycles. The van der Waals surface area contributed by atoms with E-state index in [9.17, 15) is 19.8 Å². The van der Waals surface area contributed by atoms with E-state index in [1.54, 1.807) is 0 Å². The Morgan fingerprint density at radius 1 is 0.917 bits per heavy atom. The molecule has 0 amide bonds. The Hall–Kier alpha value is -0.492. The van der Waals surface area contributed by atoms with Crippen LogP contribution >= 0.6 is 0 Å². The van der Waals surface area contributed by atoms with Gasteiger partial charge in [0.15, 0.2) is 0 Å². The van der Waals surface area contributed by atoms with Crippen LogP contribution in [0.15, 0.2) is 0 Å². The molecule has 7 nitrogen and oxygen atoms in total. The monoisotopic (exact) mass is 522 g/mol. The SMILES string of the molecule is CN(C)C1CCC(C(=O)[O-])(C(=O)[O-])CC1.N[C@H]1CCCC[C@@H]1N.[Pt+2]. The third kappa shape index (κ3) is 6.10. The maximum atomic E-state index is 10.8. The normalized spacial score (nSPS) is 26.7. The minimum atomic E-state index is -1.77. The summed E-state index contributed by atoms with van der Waals surface area (Å²) in [6.45, 7) is 0. The molecule has 142 valence electrons. The number of hydrogen-bond donors (Lipinski definition) is 2. The van der Waals surface area contributed by atoms with Gasteiger partial charge < -0.3 is 36.2 Å². The number of nitrogens with two attached hydrogens (primary N) is 2. The quantitative estimate of drug-likeness (QED) is 0.417. The first kappa shape index (κ1) is 23.5. The number of rotatable bonds is 3. The van der Waals surface area contributed by atoms with E-state index in [0.29, 0.717) is 12.8 Å². The van der Waals surface area contributed by atoms with E-state index < -0.39 is 17.4 Å². The minimum absolute atomic E-state index is 0. The van der Waals surface area contributed by atoms with E-state index in [2.05, 4.69) is 0 Å². The Balaban J connectivity index is 0.000000498. The van der Waals surface area contributed by atoms with Crippen LogP contribution in [0.5, 0.6) is 0 Å². The van der Waals surface area contributed by atoms with Gasteiger partial charge in [-0.15, -0.1) is 0 Å². The summed E-state index contributed by atoms with van der Waals surface area (Å²) >= 11 is 0. The molecule has 0 bridgehead atoms. The second kappa shape index (κ2) is 10.5. The minimum Gasteiger partial charge on any atom is -0.549 e. The van der Waals surface area contributed by atoms with Gasteiger partial charge in [0.05, 0.1) is 11.9 Å². The molecular formula is C16H29N3O4Pt. The Labute approximate surface area is 158 Å². The Morgan fingerprint density at radius 2 is 1.29 bits per heavy atom. The number of nitrogens with zero attached hydrogens (tertiary/aromatic N) is 1. The van der Waals surface area contributed by atoms with Gasteiger partial charge in [-0.25, -0.2) is 0 Å². The fourth-order valence-corrected chi connectivity index (χ4v) is 3.29. The molecule has 2 rings (SSSR count). The maximum Gasteiger partial charge on any atom is 2.00 e. The predicted octanol–water partition coefficient (Wildman–Crippen LogP) is -1.81. The molecule has 0 heterocycles. The summed E-state index contributed by atoms with van der Waals surface area (Å²) < 4.78 is 0. The first-order valence-electron chi connectivity index (χ1n) is 8.31. The zero-order valence-corrected chi connectivity index (χ0v) is 16.7. The van der Waals surface area contributed by atoms with E-state index >= 15 is 0 Å². The van der Waals surface area contributed by atoms with Crippen molar-refractivity contribution in [1.82, 2.24) is 4.90 Å². The molecule has 2 aliphatic rings. The number of carboxylic acids is 2. The fourth-order valence-electron chi connectivity index (χ4n) is 3.29. The van der Waals surface area contributed by atoms with Gasteiger partial charge in [0, 0.05) is 23.5 Å². The van der Waals surface area contributed by atoms with Gasteiger partial charge in [-0.05, 0) is 52.6 Å². The first-order valence-corrected chi connectivity index (χ1v) is 8.31. The second-order valence-corrected chi connectivity index (χ2v) is 6.96. The molecule has 0 saturated heterocycles. The molecule has 2 atom stereocenters. The number of carbonyl (C=O) groups is 2. The van der Waals surface area contributed by atoms with E-state index in [1.807, 2.05) is 19.0 Å². The van der Waals surface area contributed by atoms with Crippen molar-refractivity contribution in [2.45, 2.75) is 69.5 Å². The zero-order chi connectivity index (χ0) is 17.6. The molecule has 0 radical (unpaired) electrons. The van der Waals surface area contributed by atoms with Gasteiger partial charge in [0.2, 0.25) is 0 Å². The topological polar surface area (TPSA) is 136 Å². The summed E-state index contributed by atoms with van der Waals surface area (Å²) in [5.41, 5.74) is 9.54. The van der Waals surface area contributed by atoms with Crippen LogP contribution in [-0.4, -0.2) is 49.1 Å². The number of aliphatic carboxylic acids is 2.